The van der Waals surface area contributed by atoms with Gasteiger partial charge in [0.2, 0.25) is 5.88 Å². The van der Waals surface area contributed by atoms with Crippen molar-refractivity contribution in [3.8, 4) is 0 Å². The maximum Gasteiger partial charge on any atom is 0.225 e. The molecule has 14 heavy (non-hydrogen) atoms. The molecule has 1 rings (SSSR count). The number of hydrogen-bond donors (Lipinski definition) is 1. The zero-order chi connectivity index (χ0) is 10.9. The maximum atomic E-state index is 5.76. The van der Waals surface area contributed by atoms with E-state index >= 15 is 0 Å². The lowest BCUT2D eigenvalue weighted by molar-refractivity contribution is 0.405. The van der Waals surface area contributed by atoms with E-state index < -0.39 is 0 Å². The predicted molar refractivity (Wildman–Crippen MR) is 58.2 cm³/mol. The van der Waals surface area contributed by atoms with Crippen LogP contribution in [0.15, 0.2) is 4.52 Å². The van der Waals surface area contributed by atoms with Crippen LogP contribution in [0.4, 0.5) is 5.88 Å². The van der Waals surface area contributed by atoms with Gasteiger partial charge in [0.15, 0.2) is 0 Å². The van der Waals surface area contributed by atoms with Gasteiger partial charge in [-0.2, -0.15) is 0 Å². The third-order valence-corrected chi connectivity index (χ3v) is 2.14. The first-order chi connectivity index (χ1) is 6.32. The quantitative estimate of drug-likeness (QED) is 0.791. The van der Waals surface area contributed by atoms with Crippen molar-refractivity contribution in [3.05, 3.63) is 11.3 Å². The largest absolute Gasteiger partial charge is 0.367 e. The van der Waals surface area contributed by atoms with E-state index in [9.17, 15) is 0 Å². The first-order valence-electron chi connectivity index (χ1n) is 5.07. The molecule has 0 bridgehead atoms. The van der Waals surface area contributed by atoms with Gasteiger partial charge in [-0.05, 0) is 12.3 Å². The smallest absolute Gasteiger partial charge is 0.225 e. The van der Waals surface area contributed by atoms with Crippen LogP contribution in [0, 0.1) is 5.92 Å². The van der Waals surface area contributed by atoms with E-state index in [4.69, 9.17) is 10.3 Å². The predicted octanol–water partition coefficient (Wildman–Crippen LogP) is 2.75. The first-order valence-corrected chi connectivity index (χ1v) is 5.07. The lowest BCUT2D eigenvalue weighted by Crippen LogP contribution is -2.15. The molecule has 0 atom stereocenters. The molecule has 1 aromatic rings. The van der Waals surface area contributed by atoms with E-state index in [-0.39, 0.29) is 5.41 Å². The molecule has 0 unspecified atom stereocenters. The minimum Gasteiger partial charge on any atom is -0.367 e. The topological polar surface area (TPSA) is 52.0 Å². The molecule has 0 aliphatic carbocycles. The van der Waals surface area contributed by atoms with E-state index in [0.29, 0.717) is 11.8 Å². The Morgan fingerprint density at radius 3 is 2.36 bits per heavy atom. The van der Waals surface area contributed by atoms with E-state index in [1.807, 2.05) is 0 Å². The Bertz CT molecular complexity index is 308. The van der Waals surface area contributed by atoms with E-state index in [0.717, 1.165) is 17.7 Å². The van der Waals surface area contributed by atoms with Gasteiger partial charge in [0.1, 0.15) is 0 Å². The second-order valence-electron chi connectivity index (χ2n) is 5.22. The van der Waals surface area contributed by atoms with Crippen molar-refractivity contribution >= 4 is 5.88 Å². The van der Waals surface area contributed by atoms with Crippen molar-refractivity contribution in [3.63, 3.8) is 0 Å². The van der Waals surface area contributed by atoms with Gasteiger partial charge >= 0.3 is 0 Å². The maximum absolute atomic E-state index is 5.76. The van der Waals surface area contributed by atoms with Crippen LogP contribution in [-0.4, -0.2) is 5.16 Å². The Balaban J connectivity index is 3.06. The molecular weight excluding hydrogens is 176 g/mol. The van der Waals surface area contributed by atoms with E-state index in [2.05, 4.69) is 39.8 Å². The molecule has 0 saturated carbocycles. The summed E-state index contributed by atoms with van der Waals surface area (Å²) in [6, 6.07) is 0. The van der Waals surface area contributed by atoms with Crippen LogP contribution >= 0.6 is 0 Å². The number of anilines is 1. The number of hydrogen-bond acceptors (Lipinski definition) is 3. The van der Waals surface area contributed by atoms with Crippen LogP contribution in [0.3, 0.4) is 0 Å². The molecule has 80 valence electrons. The third kappa shape index (κ3) is 2.28. The van der Waals surface area contributed by atoms with Crippen LogP contribution in [0.2, 0.25) is 0 Å². The highest BCUT2D eigenvalue weighted by Crippen LogP contribution is 2.30. The summed E-state index contributed by atoms with van der Waals surface area (Å²) >= 11 is 0. The fourth-order valence-corrected chi connectivity index (χ4v) is 1.52. The number of nitrogens with zero attached hydrogens (tertiary/aromatic N) is 1. The highest BCUT2D eigenvalue weighted by atomic mass is 16.5. The molecule has 0 aliphatic rings. The van der Waals surface area contributed by atoms with Gasteiger partial charge in [-0.3, -0.25) is 0 Å². The molecule has 0 saturated heterocycles. The number of nitrogens with two attached hydrogens (primary N) is 1. The zero-order valence-electron chi connectivity index (χ0n) is 9.72. The second kappa shape index (κ2) is 3.64. The molecule has 0 radical (unpaired) electrons. The van der Waals surface area contributed by atoms with Gasteiger partial charge < -0.3 is 10.3 Å². The average Bonchev–Trinajstić information content (AvgIpc) is 2.30. The number of aromatic nitrogens is 1. The number of rotatable bonds is 2. The normalized spacial score (nSPS) is 12.4. The number of nitrogen functional groups attached to an aromatic ring is 1. The van der Waals surface area contributed by atoms with Crippen molar-refractivity contribution in [1.82, 2.24) is 5.16 Å². The summed E-state index contributed by atoms with van der Waals surface area (Å²) in [5, 5.41) is 4.04. The van der Waals surface area contributed by atoms with Gasteiger partial charge in [0, 0.05) is 11.0 Å². The molecule has 1 heterocycles. The minimum atomic E-state index is 0.00530. The second-order valence-corrected chi connectivity index (χ2v) is 5.22. The van der Waals surface area contributed by atoms with Crippen molar-refractivity contribution in [2.24, 2.45) is 5.92 Å². The van der Waals surface area contributed by atoms with Gasteiger partial charge in [0.25, 0.3) is 0 Å². The summed E-state index contributed by atoms with van der Waals surface area (Å²) in [5.41, 5.74) is 7.83. The van der Waals surface area contributed by atoms with Gasteiger partial charge in [-0.25, -0.2) is 0 Å². The molecule has 1 aromatic heterocycles. The Morgan fingerprint density at radius 2 is 1.93 bits per heavy atom. The van der Waals surface area contributed by atoms with Crippen LogP contribution in [-0.2, 0) is 11.8 Å². The molecule has 0 fully saturated rings. The molecule has 3 heteroatoms. The van der Waals surface area contributed by atoms with Crippen molar-refractivity contribution in [2.45, 2.75) is 46.5 Å². The SMILES string of the molecule is CC(C)Cc1c(C(C)(C)C)noc1N. The molecule has 0 spiro atoms. The average molecular weight is 196 g/mol. The molecule has 0 aliphatic heterocycles. The van der Waals surface area contributed by atoms with Crippen molar-refractivity contribution in [1.29, 1.82) is 0 Å². The van der Waals surface area contributed by atoms with Gasteiger partial charge in [-0.1, -0.05) is 39.8 Å². The molecule has 2 N–H and O–H groups in total. The molecule has 0 amide bonds. The van der Waals surface area contributed by atoms with Crippen LogP contribution < -0.4 is 5.73 Å². The summed E-state index contributed by atoms with van der Waals surface area (Å²) in [4.78, 5) is 0. The zero-order valence-corrected chi connectivity index (χ0v) is 9.72. The monoisotopic (exact) mass is 196 g/mol. The fourth-order valence-electron chi connectivity index (χ4n) is 1.52. The molecular formula is C11H20N2O. The van der Waals surface area contributed by atoms with Crippen LogP contribution in [0.1, 0.15) is 45.9 Å². The summed E-state index contributed by atoms with van der Waals surface area (Å²) in [7, 11) is 0. The van der Waals surface area contributed by atoms with Crippen molar-refractivity contribution in [2.75, 3.05) is 5.73 Å². The summed E-state index contributed by atoms with van der Waals surface area (Å²) < 4.78 is 5.05. The molecule has 0 aromatic carbocycles. The summed E-state index contributed by atoms with van der Waals surface area (Å²) in [6.07, 6.45) is 0.932. The minimum absolute atomic E-state index is 0.00530. The van der Waals surface area contributed by atoms with Gasteiger partial charge in [0.05, 0.1) is 5.69 Å². The third-order valence-electron chi connectivity index (χ3n) is 2.14. The summed E-state index contributed by atoms with van der Waals surface area (Å²) in [6.45, 7) is 10.7. The van der Waals surface area contributed by atoms with Crippen molar-refractivity contribution < 1.29 is 4.52 Å². The van der Waals surface area contributed by atoms with Crippen LogP contribution in [0.5, 0.6) is 0 Å². The highest BCUT2D eigenvalue weighted by molar-refractivity contribution is 5.41. The lowest BCUT2D eigenvalue weighted by Gasteiger charge is -2.17. The Hall–Kier alpha value is -0.990. The van der Waals surface area contributed by atoms with E-state index in [1.54, 1.807) is 0 Å². The van der Waals surface area contributed by atoms with E-state index in [1.165, 1.54) is 0 Å². The Morgan fingerprint density at radius 1 is 1.36 bits per heavy atom. The van der Waals surface area contributed by atoms with Crippen LogP contribution in [0.25, 0.3) is 0 Å². The molecule has 3 nitrogen and oxygen atoms in total. The standard InChI is InChI=1S/C11H20N2O/c1-7(2)6-8-9(11(3,4)5)13-14-10(8)12/h7H,6,12H2,1-5H3. The summed E-state index contributed by atoms with van der Waals surface area (Å²) in [5.74, 6) is 1.04. The highest BCUT2D eigenvalue weighted by Gasteiger charge is 2.25. The Labute approximate surface area is 85.7 Å². The first kappa shape index (κ1) is 11.1. The van der Waals surface area contributed by atoms with Gasteiger partial charge in [-0.15, -0.1) is 0 Å². The Kier molecular flexibility index (Phi) is 2.88. The fraction of sp³-hybridized carbons (Fsp3) is 0.727. The lowest BCUT2D eigenvalue weighted by atomic mass is 9.87.